The summed E-state index contributed by atoms with van der Waals surface area (Å²) in [6, 6.07) is 7.84. The van der Waals surface area contributed by atoms with E-state index in [1.807, 2.05) is 18.2 Å². The molecule has 0 saturated carbocycles. The van der Waals surface area contributed by atoms with Crippen LogP contribution in [0.5, 0.6) is 0 Å². The van der Waals surface area contributed by atoms with E-state index in [2.05, 4.69) is 35.8 Å². The van der Waals surface area contributed by atoms with Crippen LogP contribution in [0, 0.1) is 13.8 Å². The normalized spacial score (nSPS) is 12.8. The third-order valence-corrected chi connectivity index (χ3v) is 4.32. The van der Waals surface area contributed by atoms with Crippen molar-refractivity contribution in [3.63, 3.8) is 0 Å². The van der Waals surface area contributed by atoms with E-state index >= 15 is 0 Å². The Bertz CT molecular complexity index is 530. The summed E-state index contributed by atoms with van der Waals surface area (Å²) < 4.78 is 0.958. The van der Waals surface area contributed by atoms with E-state index in [1.165, 1.54) is 15.3 Å². The van der Waals surface area contributed by atoms with Gasteiger partial charge in [-0.1, -0.05) is 27.5 Å². The summed E-state index contributed by atoms with van der Waals surface area (Å²) in [5.74, 6) is 0. The fourth-order valence-electron chi connectivity index (χ4n) is 1.89. The van der Waals surface area contributed by atoms with Crippen LogP contribution in [0.15, 0.2) is 28.7 Å². The minimum atomic E-state index is -0.116. The molecule has 17 heavy (non-hydrogen) atoms. The Morgan fingerprint density at radius 3 is 2.47 bits per heavy atom. The van der Waals surface area contributed by atoms with Gasteiger partial charge in [-0.05, 0) is 49.2 Å². The van der Waals surface area contributed by atoms with Gasteiger partial charge in [0.1, 0.15) is 0 Å². The Labute approximate surface area is 119 Å². The van der Waals surface area contributed by atoms with Gasteiger partial charge >= 0.3 is 0 Å². The van der Waals surface area contributed by atoms with Gasteiger partial charge in [0.15, 0.2) is 0 Å². The van der Waals surface area contributed by atoms with Crippen molar-refractivity contribution in [1.29, 1.82) is 0 Å². The lowest BCUT2D eigenvalue weighted by molar-refractivity contribution is 0.868. The fourth-order valence-corrected chi connectivity index (χ4v) is 3.75. The highest BCUT2D eigenvalue weighted by atomic mass is 79.9. The largest absolute Gasteiger partial charge is 0.320 e. The van der Waals surface area contributed by atoms with Gasteiger partial charge in [0.05, 0.1) is 6.04 Å². The first-order valence-corrected chi connectivity index (χ1v) is 7.24. The Hall–Kier alpha value is -0.350. The molecule has 0 bridgehead atoms. The number of halogens is 2. The molecule has 0 saturated heterocycles. The van der Waals surface area contributed by atoms with Crippen molar-refractivity contribution in [2.75, 3.05) is 0 Å². The Kier molecular flexibility index (Phi) is 3.93. The molecule has 2 aromatic rings. The average molecular weight is 331 g/mol. The van der Waals surface area contributed by atoms with Gasteiger partial charge in [0, 0.05) is 19.2 Å². The summed E-state index contributed by atoms with van der Waals surface area (Å²) in [5.41, 5.74) is 8.51. The topological polar surface area (TPSA) is 26.0 Å². The molecule has 1 heterocycles. The summed E-state index contributed by atoms with van der Waals surface area (Å²) in [7, 11) is 0. The molecule has 0 fully saturated rings. The number of nitrogens with two attached hydrogens (primary N) is 1. The van der Waals surface area contributed by atoms with Crippen molar-refractivity contribution in [2.24, 2.45) is 5.73 Å². The van der Waals surface area contributed by atoms with E-state index in [-0.39, 0.29) is 6.04 Å². The molecular formula is C13H13BrClNS. The van der Waals surface area contributed by atoms with Crippen molar-refractivity contribution in [2.45, 2.75) is 19.9 Å². The molecule has 0 radical (unpaired) electrons. The monoisotopic (exact) mass is 329 g/mol. The molecule has 1 unspecified atom stereocenters. The lowest BCUT2D eigenvalue weighted by Crippen LogP contribution is -2.12. The molecular weight excluding hydrogens is 318 g/mol. The van der Waals surface area contributed by atoms with E-state index in [0.29, 0.717) is 5.02 Å². The van der Waals surface area contributed by atoms with E-state index < -0.39 is 0 Å². The summed E-state index contributed by atoms with van der Waals surface area (Å²) in [6.45, 7) is 4.20. The van der Waals surface area contributed by atoms with Crippen LogP contribution in [0.4, 0.5) is 0 Å². The van der Waals surface area contributed by atoms with E-state index in [0.717, 1.165) is 10.0 Å². The highest BCUT2D eigenvalue weighted by molar-refractivity contribution is 9.10. The summed E-state index contributed by atoms with van der Waals surface area (Å²) >= 11 is 11.3. The predicted octanol–water partition coefficient (Wildman–Crippen LogP) is 4.83. The summed E-state index contributed by atoms with van der Waals surface area (Å²) in [5, 5.41) is 0.703. The van der Waals surface area contributed by atoms with Gasteiger partial charge in [0.25, 0.3) is 0 Å². The molecule has 0 spiro atoms. The zero-order chi connectivity index (χ0) is 12.6. The zero-order valence-corrected chi connectivity index (χ0v) is 12.8. The predicted molar refractivity (Wildman–Crippen MR) is 79.0 cm³/mol. The Morgan fingerprint density at radius 1 is 1.24 bits per heavy atom. The first-order chi connectivity index (χ1) is 7.97. The second-order valence-electron chi connectivity index (χ2n) is 4.05. The van der Waals surface area contributed by atoms with Gasteiger partial charge in [-0.25, -0.2) is 0 Å². The number of hydrogen-bond acceptors (Lipinski definition) is 2. The highest BCUT2D eigenvalue weighted by Crippen LogP contribution is 2.31. The van der Waals surface area contributed by atoms with Crippen LogP contribution in [0.3, 0.4) is 0 Å². The molecule has 1 aromatic heterocycles. The van der Waals surface area contributed by atoms with Gasteiger partial charge in [-0.2, -0.15) is 0 Å². The van der Waals surface area contributed by atoms with E-state index in [9.17, 15) is 0 Å². The van der Waals surface area contributed by atoms with Crippen LogP contribution >= 0.6 is 38.9 Å². The van der Waals surface area contributed by atoms with Gasteiger partial charge in [-0.3, -0.25) is 0 Å². The van der Waals surface area contributed by atoms with Crippen molar-refractivity contribution < 1.29 is 0 Å². The number of hydrogen-bond donors (Lipinski definition) is 1. The summed E-state index contributed by atoms with van der Waals surface area (Å²) in [4.78, 5) is 2.56. The molecule has 0 amide bonds. The maximum absolute atomic E-state index is 6.30. The van der Waals surface area contributed by atoms with Gasteiger partial charge < -0.3 is 5.73 Å². The first-order valence-electron chi connectivity index (χ1n) is 5.26. The number of aryl methyl sites for hydroxylation is 2. The Morgan fingerprint density at radius 2 is 1.94 bits per heavy atom. The maximum atomic E-state index is 6.30. The molecule has 0 aliphatic heterocycles. The fraction of sp³-hybridized carbons (Fsp3) is 0.231. The number of thiophene rings is 1. The SMILES string of the molecule is Cc1cc(C(N)c2cc(Cl)cc(Br)c2)c(C)s1. The number of rotatable bonds is 2. The van der Waals surface area contributed by atoms with Crippen LogP contribution in [0.2, 0.25) is 5.02 Å². The molecule has 1 nitrogen and oxygen atoms in total. The molecule has 1 atom stereocenters. The maximum Gasteiger partial charge on any atom is 0.0563 e. The van der Waals surface area contributed by atoms with Crippen molar-refractivity contribution in [1.82, 2.24) is 0 Å². The minimum absolute atomic E-state index is 0.116. The zero-order valence-electron chi connectivity index (χ0n) is 9.63. The van der Waals surface area contributed by atoms with Crippen LogP contribution in [-0.4, -0.2) is 0 Å². The van der Waals surface area contributed by atoms with E-state index in [4.69, 9.17) is 17.3 Å². The van der Waals surface area contributed by atoms with Crippen molar-refractivity contribution in [3.8, 4) is 0 Å². The molecule has 1 aromatic carbocycles. The third kappa shape index (κ3) is 2.91. The second kappa shape index (κ2) is 5.11. The lowest BCUT2D eigenvalue weighted by atomic mass is 10.0. The molecule has 90 valence electrons. The van der Waals surface area contributed by atoms with Gasteiger partial charge in [-0.15, -0.1) is 11.3 Å². The second-order valence-corrected chi connectivity index (χ2v) is 6.86. The molecule has 4 heteroatoms. The van der Waals surface area contributed by atoms with Gasteiger partial charge in [0.2, 0.25) is 0 Å². The molecule has 0 aliphatic carbocycles. The van der Waals surface area contributed by atoms with Crippen molar-refractivity contribution >= 4 is 38.9 Å². The van der Waals surface area contributed by atoms with Crippen LogP contribution < -0.4 is 5.73 Å². The first kappa shape index (κ1) is 13.1. The molecule has 2 N–H and O–H groups in total. The quantitative estimate of drug-likeness (QED) is 0.838. The van der Waals surface area contributed by atoms with Crippen LogP contribution in [0.25, 0.3) is 0 Å². The highest BCUT2D eigenvalue weighted by Gasteiger charge is 2.14. The number of benzene rings is 1. The third-order valence-electron chi connectivity index (χ3n) is 2.66. The van der Waals surface area contributed by atoms with E-state index in [1.54, 1.807) is 11.3 Å². The summed E-state index contributed by atoms with van der Waals surface area (Å²) in [6.07, 6.45) is 0. The Balaban J connectivity index is 2.43. The van der Waals surface area contributed by atoms with Crippen LogP contribution in [-0.2, 0) is 0 Å². The standard InChI is InChI=1S/C13H13BrClNS/c1-7-3-12(8(2)17-7)13(16)9-4-10(14)6-11(15)5-9/h3-6,13H,16H2,1-2H3. The van der Waals surface area contributed by atoms with Crippen molar-refractivity contribution in [3.05, 3.63) is 54.6 Å². The minimum Gasteiger partial charge on any atom is -0.320 e. The lowest BCUT2D eigenvalue weighted by Gasteiger charge is -2.13. The van der Waals surface area contributed by atoms with Crippen LogP contribution in [0.1, 0.15) is 26.9 Å². The molecule has 2 rings (SSSR count). The smallest absolute Gasteiger partial charge is 0.0563 e. The molecule has 0 aliphatic rings. The average Bonchev–Trinajstić information content (AvgIpc) is 2.55.